The van der Waals surface area contributed by atoms with Crippen molar-refractivity contribution in [2.45, 2.75) is 26.3 Å². The van der Waals surface area contributed by atoms with Crippen molar-refractivity contribution in [3.8, 4) is 0 Å². The van der Waals surface area contributed by atoms with Crippen LogP contribution in [0.3, 0.4) is 0 Å². The van der Waals surface area contributed by atoms with Crippen molar-refractivity contribution in [2.24, 2.45) is 0 Å². The molecule has 2 heterocycles. The van der Waals surface area contributed by atoms with E-state index in [0.29, 0.717) is 6.04 Å². The summed E-state index contributed by atoms with van der Waals surface area (Å²) in [5.41, 5.74) is 2.08. The second-order valence-electron chi connectivity index (χ2n) is 5.79. The Bertz CT molecular complexity index is 663. The van der Waals surface area contributed by atoms with Crippen LogP contribution in [-0.4, -0.2) is 41.5 Å². The molecule has 2 aromatic rings. The van der Waals surface area contributed by atoms with E-state index in [1.165, 1.54) is 16.9 Å². The summed E-state index contributed by atoms with van der Waals surface area (Å²) in [5, 5.41) is 4.37. The normalized spacial score (nSPS) is 16.9. The van der Waals surface area contributed by atoms with Crippen molar-refractivity contribution >= 4 is 42.1 Å². The average molecular weight is 388 g/mol. The van der Waals surface area contributed by atoms with Gasteiger partial charge in [-0.05, 0) is 19.4 Å². The highest BCUT2D eigenvalue weighted by molar-refractivity contribution is 7.13. The van der Waals surface area contributed by atoms with Crippen LogP contribution in [-0.2, 0) is 6.42 Å². The zero-order chi connectivity index (χ0) is 15.5. The fourth-order valence-electron chi connectivity index (χ4n) is 2.76. The number of piperazine rings is 1. The third-order valence-electron chi connectivity index (χ3n) is 3.89. The minimum atomic E-state index is 0. The van der Waals surface area contributed by atoms with Gasteiger partial charge >= 0.3 is 0 Å². The zero-order valence-electron chi connectivity index (χ0n) is 13.8. The van der Waals surface area contributed by atoms with Crippen LogP contribution in [0.2, 0.25) is 0 Å². The Hall–Kier alpha value is -1.14. The molecule has 1 aromatic heterocycles. The third kappa shape index (κ3) is 4.93. The van der Waals surface area contributed by atoms with Crippen molar-refractivity contribution in [2.75, 3.05) is 19.6 Å². The van der Waals surface area contributed by atoms with Crippen molar-refractivity contribution in [3.63, 3.8) is 0 Å². The number of hydrogen-bond donors (Lipinski definition) is 1. The second kappa shape index (κ2) is 9.37. The van der Waals surface area contributed by atoms with Crippen LogP contribution < -0.4 is 5.32 Å². The van der Waals surface area contributed by atoms with Gasteiger partial charge in [-0.1, -0.05) is 30.3 Å². The molecule has 1 unspecified atom stereocenters. The van der Waals surface area contributed by atoms with Crippen LogP contribution in [0, 0.1) is 6.92 Å². The Morgan fingerprint density at radius 2 is 2.04 bits per heavy atom. The van der Waals surface area contributed by atoms with Crippen LogP contribution in [0.5, 0.6) is 0 Å². The standard InChI is InChI=1S/C17H21N3OS.2ClH/c1-12-11-20(9-8-18-12)17(21)16-13(2)19-15(22-16)10-14-6-4-3-5-7-14;;/h3-7,12,18H,8-11H2,1-2H3;2*1H. The first kappa shape index (κ1) is 20.9. The number of carbonyl (C=O) groups is 1. The topological polar surface area (TPSA) is 45.2 Å². The van der Waals surface area contributed by atoms with E-state index in [9.17, 15) is 4.79 Å². The van der Waals surface area contributed by atoms with E-state index in [2.05, 4.69) is 29.4 Å². The molecule has 0 spiro atoms. The fourth-order valence-corrected chi connectivity index (χ4v) is 3.82. The highest BCUT2D eigenvalue weighted by Crippen LogP contribution is 2.23. The predicted octanol–water partition coefficient (Wildman–Crippen LogP) is 3.32. The van der Waals surface area contributed by atoms with E-state index in [4.69, 9.17) is 0 Å². The second-order valence-corrected chi connectivity index (χ2v) is 6.87. The predicted molar refractivity (Wildman–Crippen MR) is 104 cm³/mol. The molecule has 0 aliphatic carbocycles. The molecule has 1 aromatic carbocycles. The summed E-state index contributed by atoms with van der Waals surface area (Å²) in [6.07, 6.45) is 0.789. The summed E-state index contributed by atoms with van der Waals surface area (Å²) < 4.78 is 0. The first-order valence-electron chi connectivity index (χ1n) is 7.66. The molecule has 1 aliphatic heterocycles. The molecule has 1 saturated heterocycles. The molecule has 1 fully saturated rings. The molecule has 4 nitrogen and oxygen atoms in total. The molecule has 0 bridgehead atoms. The first-order chi connectivity index (χ1) is 10.6. The smallest absolute Gasteiger partial charge is 0.265 e. The number of nitrogens with one attached hydrogen (secondary N) is 1. The number of carbonyl (C=O) groups excluding carboxylic acids is 1. The monoisotopic (exact) mass is 387 g/mol. The maximum absolute atomic E-state index is 12.7. The van der Waals surface area contributed by atoms with Gasteiger partial charge in [0.15, 0.2) is 0 Å². The third-order valence-corrected chi connectivity index (χ3v) is 5.03. The molecular weight excluding hydrogens is 365 g/mol. The number of hydrogen-bond acceptors (Lipinski definition) is 4. The van der Waals surface area contributed by atoms with Gasteiger partial charge in [-0.15, -0.1) is 36.2 Å². The summed E-state index contributed by atoms with van der Waals surface area (Å²) in [6.45, 7) is 6.45. The Kier molecular flexibility index (Phi) is 8.16. The number of aromatic nitrogens is 1. The van der Waals surface area contributed by atoms with E-state index in [-0.39, 0.29) is 30.7 Å². The molecule has 132 valence electrons. The molecule has 1 amide bonds. The van der Waals surface area contributed by atoms with Crippen molar-refractivity contribution in [1.82, 2.24) is 15.2 Å². The number of amides is 1. The van der Waals surface area contributed by atoms with Gasteiger partial charge < -0.3 is 10.2 Å². The molecule has 0 radical (unpaired) electrons. The summed E-state index contributed by atoms with van der Waals surface area (Å²) in [4.78, 5) is 20.0. The SMILES string of the molecule is Cc1nc(Cc2ccccc2)sc1C(=O)N1CCNC(C)C1.Cl.Cl. The van der Waals surface area contributed by atoms with Crippen molar-refractivity contribution in [3.05, 3.63) is 51.5 Å². The number of nitrogens with zero attached hydrogens (tertiary/aromatic N) is 2. The number of benzene rings is 1. The van der Waals surface area contributed by atoms with Gasteiger partial charge in [0.2, 0.25) is 0 Å². The molecule has 0 saturated carbocycles. The quantitative estimate of drug-likeness (QED) is 0.878. The van der Waals surface area contributed by atoms with Gasteiger partial charge in [-0.2, -0.15) is 0 Å². The summed E-state index contributed by atoms with van der Waals surface area (Å²) in [5.74, 6) is 0.127. The lowest BCUT2D eigenvalue weighted by Crippen LogP contribution is -2.51. The van der Waals surface area contributed by atoms with Gasteiger partial charge in [0.05, 0.1) is 10.7 Å². The fraction of sp³-hybridized carbons (Fsp3) is 0.412. The van der Waals surface area contributed by atoms with E-state index in [1.54, 1.807) is 0 Å². The molecular formula is C17H23Cl2N3OS. The molecule has 24 heavy (non-hydrogen) atoms. The number of thiazole rings is 1. The Morgan fingerprint density at radius 1 is 1.33 bits per heavy atom. The highest BCUT2D eigenvalue weighted by atomic mass is 35.5. The molecule has 1 N–H and O–H groups in total. The van der Waals surface area contributed by atoms with Gasteiger partial charge in [0, 0.05) is 32.1 Å². The van der Waals surface area contributed by atoms with Crippen LogP contribution in [0.1, 0.15) is 32.9 Å². The molecule has 7 heteroatoms. The van der Waals surface area contributed by atoms with Gasteiger partial charge in [0.25, 0.3) is 5.91 Å². The van der Waals surface area contributed by atoms with Gasteiger partial charge in [0.1, 0.15) is 4.88 Å². The average Bonchev–Trinajstić information content (AvgIpc) is 2.88. The minimum Gasteiger partial charge on any atom is -0.335 e. The largest absolute Gasteiger partial charge is 0.335 e. The van der Waals surface area contributed by atoms with Crippen LogP contribution >= 0.6 is 36.2 Å². The lowest BCUT2D eigenvalue weighted by Gasteiger charge is -2.31. The summed E-state index contributed by atoms with van der Waals surface area (Å²) in [7, 11) is 0. The summed E-state index contributed by atoms with van der Waals surface area (Å²) >= 11 is 1.53. The molecule has 1 atom stereocenters. The first-order valence-corrected chi connectivity index (χ1v) is 8.48. The Morgan fingerprint density at radius 3 is 2.71 bits per heavy atom. The van der Waals surface area contributed by atoms with Gasteiger partial charge in [-0.25, -0.2) is 4.98 Å². The lowest BCUT2D eigenvalue weighted by molar-refractivity contribution is 0.0713. The highest BCUT2D eigenvalue weighted by Gasteiger charge is 2.25. The minimum absolute atomic E-state index is 0. The number of rotatable bonds is 3. The number of halogens is 2. The summed E-state index contributed by atoms with van der Waals surface area (Å²) in [6, 6.07) is 10.6. The lowest BCUT2D eigenvalue weighted by atomic mass is 10.2. The Balaban J connectivity index is 0.00000144. The van der Waals surface area contributed by atoms with E-state index in [0.717, 1.165) is 41.6 Å². The van der Waals surface area contributed by atoms with Gasteiger partial charge in [-0.3, -0.25) is 4.79 Å². The maximum Gasteiger partial charge on any atom is 0.265 e. The Labute approximate surface area is 159 Å². The molecule has 1 aliphatic rings. The van der Waals surface area contributed by atoms with Crippen LogP contribution in [0.25, 0.3) is 0 Å². The number of aryl methyl sites for hydroxylation is 1. The molecule has 3 rings (SSSR count). The van der Waals surface area contributed by atoms with E-state index >= 15 is 0 Å². The maximum atomic E-state index is 12.7. The van der Waals surface area contributed by atoms with Crippen molar-refractivity contribution in [1.29, 1.82) is 0 Å². The zero-order valence-corrected chi connectivity index (χ0v) is 16.3. The van der Waals surface area contributed by atoms with Crippen molar-refractivity contribution < 1.29 is 4.79 Å². The van der Waals surface area contributed by atoms with E-state index < -0.39 is 0 Å². The van der Waals surface area contributed by atoms with Crippen LogP contribution in [0.4, 0.5) is 0 Å². The van der Waals surface area contributed by atoms with Crippen LogP contribution in [0.15, 0.2) is 30.3 Å². The van der Waals surface area contributed by atoms with E-state index in [1.807, 2.05) is 30.0 Å².